The summed E-state index contributed by atoms with van der Waals surface area (Å²) in [5.74, 6) is 0.412. The highest BCUT2D eigenvalue weighted by atomic mass is 16.5. The number of phenolic OH excluding ortho intramolecular Hbond substituents is 1. The van der Waals surface area contributed by atoms with E-state index in [0.29, 0.717) is 18.1 Å². The monoisotopic (exact) mass is 462 g/mol. The van der Waals surface area contributed by atoms with Crippen molar-refractivity contribution in [2.75, 3.05) is 0 Å². The van der Waals surface area contributed by atoms with E-state index in [1.165, 1.54) is 6.21 Å². The third-order valence-corrected chi connectivity index (χ3v) is 5.52. The van der Waals surface area contributed by atoms with E-state index < -0.39 is 5.91 Å². The fourth-order valence-electron chi connectivity index (χ4n) is 3.74. The Morgan fingerprint density at radius 2 is 1.74 bits per heavy atom. The first-order chi connectivity index (χ1) is 17.2. The molecule has 0 bridgehead atoms. The van der Waals surface area contributed by atoms with Gasteiger partial charge in [-0.25, -0.2) is 5.43 Å². The summed E-state index contributed by atoms with van der Waals surface area (Å²) < 4.78 is 6.18. The Morgan fingerprint density at radius 1 is 0.971 bits per heavy atom. The predicted molar refractivity (Wildman–Crippen MR) is 135 cm³/mol. The second kappa shape index (κ2) is 9.93. The summed E-state index contributed by atoms with van der Waals surface area (Å²) in [4.78, 5) is 12.5. The van der Waals surface area contributed by atoms with E-state index in [1.807, 2.05) is 42.5 Å². The Morgan fingerprint density at radius 3 is 2.63 bits per heavy atom. The Hall–Kier alpha value is -4.91. The number of hydrogen-bond acceptors (Lipinski definition) is 5. The highest BCUT2D eigenvalue weighted by molar-refractivity contribution is 5.94. The van der Waals surface area contributed by atoms with Crippen LogP contribution in [0.5, 0.6) is 11.5 Å². The number of amides is 1. The molecule has 0 saturated carbocycles. The fraction of sp³-hybridized carbons (Fsp3) is 0.0357. The lowest BCUT2D eigenvalue weighted by Gasteiger charge is -2.12. The first kappa shape index (κ1) is 21.9. The van der Waals surface area contributed by atoms with Gasteiger partial charge in [0.25, 0.3) is 5.91 Å². The van der Waals surface area contributed by atoms with Crippen molar-refractivity contribution in [3.8, 4) is 22.8 Å². The van der Waals surface area contributed by atoms with Gasteiger partial charge in [0.1, 0.15) is 23.8 Å². The van der Waals surface area contributed by atoms with Crippen LogP contribution in [0.2, 0.25) is 0 Å². The van der Waals surface area contributed by atoms with Gasteiger partial charge in [0.15, 0.2) is 0 Å². The average Bonchev–Trinajstić information content (AvgIpc) is 3.39. The molecule has 0 fully saturated rings. The number of aromatic amines is 1. The second-order valence-corrected chi connectivity index (χ2v) is 7.88. The van der Waals surface area contributed by atoms with Crippen molar-refractivity contribution in [2.24, 2.45) is 5.10 Å². The third kappa shape index (κ3) is 5.04. The SMILES string of the molecule is O=C(N/N=C\c1ccc(O)cc1)c1cc(-c2ccccc2OCc2cccc3ccccc23)n[nH]1. The molecular weight excluding hydrogens is 440 g/mol. The number of rotatable bonds is 7. The van der Waals surface area contributed by atoms with Gasteiger partial charge in [0.05, 0.1) is 11.9 Å². The Balaban J connectivity index is 1.29. The number of hydrogen-bond donors (Lipinski definition) is 3. The number of H-pyrrole nitrogens is 1. The van der Waals surface area contributed by atoms with Crippen LogP contribution in [-0.4, -0.2) is 27.4 Å². The van der Waals surface area contributed by atoms with Crippen molar-refractivity contribution in [1.29, 1.82) is 0 Å². The van der Waals surface area contributed by atoms with E-state index in [2.05, 4.69) is 45.0 Å². The number of carbonyl (C=O) groups is 1. The number of aromatic hydroxyl groups is 1. The smallest absolute Gasteiger partial charge is 0.289 e. The molecule has 35 heavy (non-hydrogen) atoms. The van der Waals surface area contributed by atoms with Crippen molar-refractivity contribution in [3.05, 3.63) is 114 Å². The van der Waals surface area contributed by atoms with Gasteiger partial charge in [-0.15, -0.1) is 0 Å². The third-order valence-electron chi connectivity index (χ3n) is 5.52. The zero-order chi connectivity index (χ0) is 24.0. The zero-order valence-electron chi connectivity index (χ0n) is 18.7. The molecule has 7 nitrogen and oxygen atoms in total. The van der Waals surface area contributed by atoms with Crippen LogP contribution in [0.25, 0.3) is 22.0 Å². The van der Waals surface area contributed by atoms with Crippen LogP contribution in [0, 0.1) is 0 Å². The van der Waals surface area contributed by atoms with Crippen LogP contribution < -0.4 is 10.2 Å². The van der Waals surface area contributed by atoms with Crippen LogP contribution in [0.15, 0.2) is 102 Å². The molecule has 0 atom stereocenters. The summed E-state index contributed by atoms with van der Waals surface area (Å²) in [6.07, 6.45) is 1.49. The molecule has 4 aromatic carbocycles. The maximum atomic E-state index is 12.5. The van der Waals surface area contributed by atoms with Crippen LogP contribution in [-0.2, 0) is 6.61 Å². The van der Waals surface area contributed by atoms with Crippen molar-refractivity contribution in [2.45, 2.75) is 6.61 Å². The standard InChI is InChI=1S/C28H22N4O3/c33-22-14-12-19(13-15-22)17-29-32-28(34)26-16-25(30-31-26)24-10-3-4-11-27(24)35-18-21-8-5-7-20-6-1-2-9-23(20)21/h1-17,33H,18H2,(H,30,31)(H,32,34)/b29-17-. The molecule has 0 aliphatic carbocycles. The summed E-state index contributed by atoms with van der Waals surface area (Å²) in [5, 5.41) is 22.7. The van der Waals surface area contributed by atoms with Crippen LogP contribution in [0.3, 0.4) is 0 Å². The number of aromatic nitrogens is 2. The molecule has 5 aromatic rings. The summed E-state index contributed by atoms with van der Waals surface area (Å²) in [7, 11) is 0. The van der Waals surface area contributed by atoms with E-state index in [9.17, 15) is 9.90 Å². The number of benzene rings is 4. The maximum absolute atomic E-state index is 12.5. The minimum Gasteiger partial charge on any atom is -0.508 e. The van der Waals surface area contributed by atoms with Crippen molar-refractivity contribution < 1.29 is 14.6 Å². The van der Waals surface area contributed by atoms with E-state index in [-0.39, 0.29) is 11.4 Å². The van der Waals surface area contributed by atoms with E-state index >= 15 is 0 Å². The van der Waals surface area contributed by atoms with Crippen LogP contribution >= 0.6 is 0 Å². The van der Waals surface area contributed by atoms with E-state index in [1.54, 1.807) is 30.3 Å². The molecule has 0 spiro atoms. The van der Waals surface area contributed by atoms with Gasteiger partial charge in [-0.1, -0.05) is 54.6 Å². The van der Waals surface area contributed by atoms with Crippen LogP contribution in [0.1, 0.15) is 21.6 Å². The number of fused-ring (bicyclic) bond motifs is 1. The minimum absolute atomic E-state index is 0.164. The molecular formula is C28H22N4O3. The lowest BCUT2D eigenvalue weighted by molar-refractivity contribution is 0.0950. The predicted octanol–water partition coefficient (Wildman–Crippen LogP) is 5.28. The first-order valence-electron chi connectivity index (χ1n) is 11.0. The molecule has 0 unspecified atom stereocenters. The van der Waals surface area contributed by atoms with Gasteiger partial charge in [0, 0.05) is 5.56 Å². The molecule has 3 N–H and O–H groups in total. The lowest BCUT2D eigenvalue weighted by atomic mass is 10.1. The van der Waals surface area contributed by atoms with Crippen molar-refractivity contribution >= 4 is 22.9 Å². The molecule has 0 aliphatic rings. The number of carbonyl (C=O) groups excluding carboxylic acids is 1. The number of nitrogens with one attached hydrogen (secondary N) is 2. The largest absolute Gasteiger partial charge is 0.508 e. The highest BCUT2D eigenvalue weighted by Gasteiger charge is 2.14. The molecule has 0 saturated heterocycles. The van der Waals surface area contributed by atoms with Crippen LogP contribution in [0.4, 0.5) is 0 Å². The molecule has 5 rings (SSSR count). The molecule has 0 radical (unpaired) electrons. The van der Waals surface area contributed by atoms with Crippen molar-refractivity contribution in [3.63, 3.8) is 0 Å². The molecule has 1 heterocycles. The number of nitrogens with zero attached hydrogens (tertiary/aromatic N) is 2. The number of hydrazone groups is 1. The van der Waals surface area contributed by atoms with Gasteiger partial charge in [-0.2, -0.15) is 10.2 Å². The molecule has 1 amide bonds. The summed E-state index contributed by atoms with van der Waals surface area (Å²) >= 11 is 0. The molecule has 172 valence electrons. The van der Waals surface area contributed by atoms with Gasteiger partial charge < -0.3 is 9.84 Å². The Kier molecular flexibility index (Phi) is 6.21. The number of phenols is 1. The molecule has 1 aromatic heterocycles. The normalized spacial score (nSPS) is 11.1. The summed E-state index contributed by atoms with van der Waals surface area (Å²) in [5.41, 5.74) is 5.93. The number of para-hydroxylation sites is 1. The molecule has 0 aliphatic heterocycles. The zero-order valence-corrected chi connectivity index (χ0v) is 18.7. The minimum atomic E-state index is -0.423. The quantitative estimate of drug-likeness (QED) is 0.226. The average molecular weight is 463 g/mol. The number of ether oxygens (including phenoxy) is 1. The van der Waals surface area contributed by atoms with Gasteiger partial charge in [-0.05, 0) is 64.4 Å². The van der Waals surface area contributed by atoms with Gasteiger partial charge in [0.2, 0.25) is 0 Å². The Labute approximate surface area is 201 Å². The fourth-order valence-corrected chi connectivity index (χ4v) is 3.74. The lowest BCUT2D eigenvalue weighted by Crippen LogP contribution is -2.17. The van der Waals surface area contributed by atoms with Crippen molar-refractivity contribution in [1.82, 2.24) is 15.6 Å². The first-order valence-corrected chi connectivity index (χ1v) is 11.0. The van der Waals surface area contributed by atoms with E-state index in [0.717, 1.165) is 27.5 Å². The van der Waals surface area contributed by atoms with Gasteiger partial charge >= 0.3 is 0 Å². The second-order valence-electron chi connectivity index (χ2n) is 7.88. The van der Waals surface area contributed by atoms with Gasteiger partial charge in [-0.3, -0.25) is 9.89 Å². The maximum Gasteiger partial charge on any atom is 0.289 e. The van der Waals surface area contributed by atoms with E-state index in [4.69, 9.17) is 4.74 Å². The topological polar surface area (TPSA) is 99.6 Å². The summed E-state index contributed by atoms with van der Waals surface area (Å²) in [6, 6.07) is 30.1. The molecule has 7 heteroatoms. The highest BCUT2D eigenvalue weighted by Crippen LogP contribution is 2.30. The Bertz CT molecular complexity index is 1500. The summed E-state index contributed by atoms with van der Waals surface area (Å²) in [6.45, 7) is 0.405.